The van der Waals surface area contributed by atoms with Gasteiger partial charge in [-0.1, -0.05) is 18.2 Å². The number of nitrogens with one attached hydrogen (secondary N) is 1. The molecule has 106 valence electrons. The highest BCUT2D eigenvalue weighted by Crippen LogP contribution is 2.31. The van der Waals surface area contributed by atoms with Crippen LogP contribution in [0.4, 0.5) is 8.78 Å². The van der Waals surface area contributed by atoms with Crippen LogP contribution in [0.1, 0.15) is 17.2 Å². The molecule has 0 aliphatic heterocycles. The van der Waals surface area contributed by atoms with Gasteiger partial charge in [0.2, 0.25) is 0 Å². The molecule has 0 saturated carbocycles. The van der Waals surface area contributed by atoms with Gasteiger partial charge in [-0.25, -0.2) is 8.78 Å². The highest BCUT2D eigenvalue weighted by molar-refractivity contribution is 9.10. The third-order valence-corrected chi connectivity index (χ3v) is 3.93. The van der Waals surface area contributed by atoms with E-state index < -0.39 is 5.82 Å². The Labute approximate surface area is 124 Å². The number of hydrogen-bond donors (Lipinski definition) is 1. The summed E-state index contributed by atoms with van der Waals surface area (Å²) in [6.45, 7) is 0. The Bertz CT molecular complexity index is 619. The summed E-state index contributed by atoms with van der Waals surface area (Å²) in [7, 11) is 3.15. The smallest absolute Gasteiger partial charge is 0.165 e. The number of benzene rings is 2. The Morgan fingerprint density at radius 3 is 2.50 bits per heavy atom. The Hall–Kier alpha value is -1.46. The molecular weight excluding hydrogens is 328 g/mol. The number of rotatable bonds is 4. The summed E-state index contributed by atoms with van der Waals surface area (Å²) < 4.78 is 32.7. The van der Waals surface area contributed by atoms with Crippen molar-refractivity contribution in [3.8, 4) is 5.75 Å². The van der Waals surface area contributed by atoms with Crippen LogP contribution >= 0.6 is 15.9 Å². The largest absolute Gasteiger partial charge is 0.494 e. The molecule has 20 heavy (non-hydrogen) atoms. The van der Waals surface area contributed by atoms with E-state index in [2.05, 4.69) is 21.2 Å². The fraction of sp³-hybridized carbons (Fsp3) is 0.200. The first-order chi connectivity index (χ1) is 9.58. The van der Waals surface area contributed by atoms with Gasteiger partial charge >= 0.3 is 0 Å². The quantitative estimate of drug-likeness (QED) is 0.905. The average Bonchev–Trinajstić information content (AvgIpc) is 2.44. The lowest BCUT2D eigenvalue weighted by molar-refractivity contribution is 0.386. The van der Waals surface area contributed by atoms with Gasteiger partial charge in [0.25, 0.3) is 0 Å². The molecule has 2 aromatic carbocycles. The molecule has 1 N–H and O–H groups in total. The first-order valence-electron chi connectivity index (χ1n) is 6.03. The minimum atomic E-state index is -0.447. The van der Waals surface area contributed by atoms with Crippen LogP contribution in [0.5, 0.6) is 5.75 Å². The molecule has 0 bridgehead atoms. The van der Waals surface area contributed by atoms with Crippen LogP contribution < -0.4 is 10.1 Å². The molecule has 2 aromatic rings. The van der Waals surface area contributed by atoms with Crippen molar-refractivity contribution in [1.82, 2.24) is 5.32 Å². The Morgan fingerprint density at radius 1 is 1.15 bits per heavy atom. The van der Waals surface area contributed by atoms with Gasteiger partial charge in [0.1, 0.15) is 5.82 Å². The van der Waals surface area contributed by atoms with Crippen molar-refractivity contribution >= 4 is 15.9 Å². The van der Waals surface area contributed by atoms with Crippen LogP contribution in [-0.2, 0) is 0 Å². The third kappa shape index (κ3) is 2.83. The van der Waals surface area contributed by atoms with E-state index in [1.807, 2.05) is 0 Å². The molecule has 0 heterocycles. The van der Waals surface area contributed by atoms with E-state index >= 15 is 0 Å². The average molecular weight is 342 g/mol. The maximum atomic E-state index is 13.8. The van der Waals surface area contributed by atoms with Crippen LogP contribution in [-0.4, -0.2) is 14.2 Å². The van der Waals surface area contributed by atoms with Crippen LogP contribution in [0.2, 0.25) is 0 Å². The molecule has 2 rings (SSSR count). The minimum Gasteiger partial charge on any atom is -0.494 e. The zero-order valence-corrected chi connectivity index (χ0v) is 12.7. The van der Waals surface area contributed by atoms with Crippen molar-refractivity contribution in [3.63, 3.8) is 0 Å². The van der Waals surface area contributed by atoms with Crippen molar-refractivity contribution in [2.45, 2.75) is 6.04 Å². The number of ether oxygens (including phenoxy) is 1. The Morgan fingerprint density at radius 2 is 1.90 bits per heavy atom. The highest BCUT2D eigenvalue weighted by atomic mass is 79.9. The minimum absolute atomic E-state index is 0.182. The summed E-state index contributed by atoms with van der Waals surface area (Å²) in [5, 5.41) is 3.06. The fourth-order valence-electron chi connectivity index (χ4n) is 2.11. The normalized spacial score (nSPS) is 12.2. The standard InChI is InChI=1S/C15H14BrF2NO/c1-19-15(10-4-3-5-11(17)14(10)16)9-6-7-13(20-2)12(18)8-9/h3-8,15,19H,1-2H3. The summed E-state index contributed by atoms with van der Waals surface area (Å²) in [4.78, 5) is 0. The first kappa shape index (κ1) is 14.9. The predicted octanol–water partition coefficient (Wildman–Crippen LogP) is 4.04. The molecule has 0 radical (unpaired) electrons. The van der Waals surface area contributed by atoms with Gasteiger partial charge < -0.3 is 10.1 Å². The van der Waals surface area contributed by atoms with Gasteiger partial charge in [-0.15, -0.1) is 0 Å². The fourth-order valence-corrected chi connectivity index (χ4v) is 2.60. The SMILES string of the molecule is CNC(c1ccc(OC)c(F)c1)c1cccc(F)c1Br. The Kier molecular flexibility index (Phi) is 4.73. The molecule has 0 aliphatic carbocycles. The number of methoxy groups -OCH3 is 1. The van der Waals surface area contributed by atoms with Crippen LogP contribution in [0.25, 0.3) is 0 Å². The topological polar surface area (TPSA) is 21.3 Å². The van der Waals surface area contributed by atoms with Crippen LogP contribution in [0.3, 0.4) is 0 Å². The highest BCUT2D eigenvalue weighted by Gasteiger charge is 2.18. The third-order valence-electron chi connectivity index (χ3n) is 3.09. The molecule has 5 heteroatoms. The Balaban J connectivity index is 2.47. The molecule has 2 nitrogen and oxygen atoms in total. The van der Waals surface area contributed by atoms with Gasteiger partial charge in [0, 0.05) is 0 Å². The van der Waals surface area contributed by atoms with Crippen molar-refractivity contribution in [2.75, 3.05) is 14.2 Å². The zero-order chi connectivity index (χ0) is 14.7. The molecule has 1 unspecified atom stereocenters. The zero-order valence-electron chi connectivity index (χ0n) is 11.1. The van der Waals surface area contributed by atoms with Gasteiger partial charge in [-0.05, 0) is 52.3 Å². The molecule has 0 spiro atoms. The molecular formula is C15H14BrF2NO. The second kappa shape index (κ2) is 6.33. The van der Waals surface area contributed by atoms with E-state index in [0.717, 1.165) is 0 Å². The van der Waals surface area contributed by atoms with Gasteiger partial charge in [-0.3, -0.25) is 0 Å². The molecule has 1 atom stereocenters. The van der Waals surface area contributed by atoms with E-state index in [4.69, 9.17) is 4.74 Å². The summed E-state index contributed by atoms with van der Waals surface area (Å²) >= 11 is 3.23. The maximum absolute atomic E-state index is 13.8. The van der Waals surface area contributed by atoms with Crippen molar-refractivity contribution in [1.29, 1.82) is 0 Å². The van der Waals surface area contributed by atoms with E-state index in [1.165, 1.54) is 19.2 Å². The lowest BCUT2D eigenvalue weighted by atomic mass is 9.98. The molecule has 0 aliphatic rings. The molecule has 0 aromatic heterocycles. The lowest BCUT2D eigenvalue weighted by Crippen LogP contribution is -2.18. The van der Waals surface area contributed by atoms with Crippen molar-refractivity contribution in [2.24, 2.45) is 0 Å². The van der Waals surface area contributed by atoms with Crippen LogP contribution in [0, 0.1) is 11.6 Å². The molecule has 0 fully saturated rings. The van der Waals surface area contributed by atoms with E-state index in [-0.39, 0.29) is 17.6 Å². The monoisotopic (exact) mass is 341 g/mol. The van der Waals surface area contributed by atoms with Gasteiger partial charge in [-0.2, -0.15) is 0 Å². The van der Waals surface area contributed by atoms with E-state index in [0.29, 0.717) is 15.6 Å². The molecule has 0 amide bonds. The second-order valence-corrected chi connectivity index (χ2v) is 5.05. The summed E-state index contributed by atoms with van der Waals surface area (Å²) in [5.41, 5.74) is 1.40. The lowest BCUT2D eigenvalue weighted by Gasteiger charge is -2.19. The number of hydrogen-bond acceptors (Lipinski definition) is 2. The summed E-state index contributed by atoms with van der Waals surface area (Å²) in [6, 6.07) is 9.16. The van der Waals surface area contributed by atoms with Crippen LogP contribution in [0.15, 0.2) is 40.9 Å². The predicted molar refractivity (Wildman–Crippen MR) is 78.0 cm³/mol. The van der Waals surface area contributed by atoms with Gasteiger partial charge in [0.05, 0.1) is 17.6 Å². The van der Waals surface area contributed by atoms with E-state index in [1.54, 1.807) is 31.3 Å². The summed E-state index contributed by atoms with van der Waals surface area (Å²) in [5.74, 6) is -0.614. The van der Waals surface area contributed by atoms with E-state index in [9.17, 15) is 8.78 Å². The second-order valence-electron chi connectivity index (χ2n) is 4.26. The molecule has 0 saturated heterocycles. The first-order valence-corrected chi connectivity index (χ1v) is 6.82. The number of halogens is 3. The van der Waals surface area contributed by atoms with Crippen molar-refractivity contribution in [3.05, 3.63) is 63.6 Å². The van der Waals surface area contributed by atoms with Crippen molar-refractivity contribution < 1.29 is 13.5 Å². The maximum Gasteiger partial charge on any atom is 0.165 e. The summed E-state index contributed by atoms with van der Waals surface area (Å²) in [6.07, 6.45) is 0. The van der Waals surface area contributed by atoms with Gasteiger partial charge in [0.15, 0.2) is 11.6 Å².